The zero-order chi connectivity index (χ0) is 39.6. The molecule has 0 aliphatic carbocycles. The molecule has 6 N–H and O–H groups in total. The highest BCUT2D eigenvalue weighted by atomic mass is 31.3. The van der Waals surface area contributed by atoms with Crippen molar-refractivity contribution in [2.24, 2.45) is 5.92 Å². The van der Waals surface area contributed by atoms with Crippen LogP contribution in [-0.4, -0.2) is 75.7 Å². The zero-order valence-electron chi connectivity index (χ0n) is 29.2. The molecule has 292 valence electrons. The number of aromatic amines is 1. The van der Waals surface area contributed by atoms with E-state index in [1.54, 1.807) is 13.8 Å². The van der Waals surface area contributed by atoms with Crippen molar-refractivity contribution in [2.75, 3.05) is 25.0 Å². The number of nitrogens with zero attached hydrogens (tertiary/aromatic N) is 4. The van der Waals surface area contributed by atoms with Crippen LogP contribution in [0, 0.1) is 5.92 Å². The number of morpholine rings is 1. The molecule has 4 atom stereocenters. The number of benzene rings is 3. The highest BCUT2D eigenvalue weighted by Gasteiger charge is 2.48. The summed E-state index contributed by atoms with van der Waals surface area (Å²) in [6, 6.07) is 28.6. The van der Waals surface area contributed by atoms with Gasteiger partial charge in [-0.3, -0.25) is 33.9 Å². The molecule has 0 spiro atoms. The summed E-state index contributed by atoms with van der Waals surface area (Å²) >= 11 is 0. The maximum absolute atomic E-state index is 13.1. The van der Waals surface area contributed by atoms with Crippen LogP contribution in [0.5, 0.6) is 0 Å². The average molecular weight is 819 g/mol. The molecule has 4 unspecified atom stereocenters. The second kappa shape index (κ2) is 16.1. The van der Waals surface area contributed by atoms with Gasteiger partial charge in [-0.05, 0) is 16.7 Å². The maximum Gasteiger partial charge on any atom is 0.490 e. The molecule has 6 rings (SSSR count). The third kappa shape index (κ3) is 9.27. The summed E-state index contributed by atoms with van der Waals surface area (Å²) in [5.41, 5.74) is 0.695. The van der Waals surface area contributed by atoms with Crippen LogP contribution >= 0.6 is 23.5 Å². The molecule has 0 saturated carbocycles. The van der Waals surface area contributed by atoms with Gasteiger partial charge in [0.05, 0.1) is 24.6 Å². The number of amides is 1. The summed E-state index contributed by atoms with van der Waals surface area (Å²) < 4.78 is 56.9. The summed E-state index contributed by atoms with van der Waals surface area (Å²) in [4.78, 5) is 77.0. The molecule has 22 heteroatoms. The van der Waals surface area contributed by atoms with Crippen LogP contribution in [0.3, 0.4) is 0 Å². The summed E-state index contributed by atoms with van der Waals surface area (Å²) in [5.74, 6) is -0.973. The van der Waals surface area contributed by atoms with Crippen molar-refractivity contribution < 1.29 is 55.9 Å². The minimum Gasteiger partial charge on any atom is -0.350 e. The van der Waals surface area contributed by atoms with Crippen molar-refractivity contribution >= 4 is 46.5 Å². The van der Waals surface area contributed by atoms with Crippen LogP contribution in [0.15, 0.2) is 102 Å². The van der Waals surface area contributed by atoms with Gasteiger partial charge in [0.25, 0.3) is 5.56 Å². The molecule has 19 nitrogen and oxygen atoms in total. The van der Waals surface area contributed by atoms with Crippen molar-refractivity contribution in [3.63, 3.8) is 0 Å². The van der Waals surface area contributed by atoms with E-state index in [1.807, 2.05) is 95.9 Å². The van der Waals surface area contributed by atoms with E-state index in [2.05, 4.69) is 28.9 Å². The molecule has 0 radical (unpaired) electrons. The van der Waals surface area contributed by atoms with Gasteiger partial charge in [-0.2, -0.15) is 13.6 Å². The van der Waals surface area contributed by atoms with Gasteiger partial charge >= 0.3 is 23.5 Å². The fourth-order valence-electron chi connectivity index (χ4n) is 6.36. The monoisotopic (exact) mass is 818 g/mol. The predicted octanol–water partition coefficient (Wildman–Crippen LogP) is 4.25. The first-order chi connectivity index (χ1) is 26.0. The van der Waals surface area contributed by atoms with E-state index in [1.165, 1.54) is 10.9 Å². The van der Waals surface area contributed by atoms with Gasteiger partial charge in [0, 0.05) is 19.0 Å². The van der Waals surface area contributed by atoms with Crippen molar-refractivity contribution in [3.05, 3.63) is 124 Å². The van der Waals surface area contributed by atoms with Crippen LogP contribution in [0.2, 0.25) is 0 Å². The highest BCUT2D eigenvalue weighted by molar-refractivity contribution is 7.66. The Hall–Kier alpha value is -4.19. The highest BCUT2D eigenvalue weighted by Crippen LogP contribution is 2.66. The summed E-state index contributed by atoms with van der Waals surface area (Å²) in [6.07, 6.45) is -0.894. The fraction of sp³-hybridized carbons (Fsp3) is 0.273. The molecule has 55 heavy (non-hydrogen) atoms. The number of rotatable bonds is 14. The molecule has 1 saturated heterocycles. The lowest BCUT2D eigenvalue weighted by atomic mass is 9.75. The molecule has 3 heterocycles. The first-order valence-electron chi connectivity index (χ1n) is 16.6. The standard InChI is InChI=1S/C33H37N6O13P3/c1-22(2)30(40)36-32-35-29-28(31(41)37-32)34-21-39(29)27-19-38(18-26(50-27)20-49-54(45,46)52-55(47,48)51-53(42,43)44)33(23-12-6-3-7-13-23,24-14-8-4-9-15-24)25-16-10-5-11-17-25/h3-17,21-22,26-27H,18-20H2,1-2H3,(H,45,46)(H,47,48)(H2,42,43,44)(H2,35,36,37,40,41). The van der Waals surface area contributed by atoms with Crippen molar-refractivity contribution in [3.8, 4) is 0 Å². The number of hydrogen-bond acceptors (Lipinski definition) is 12. The Morgan fingerprint density at radius 2 is 1.44 bits per heavy atom. The van der Waals surface area contributed by atoms with Crippen LogP contribution in [-0.2, 0) is 41.9 Å². The van der Waals surface area contributed by atoms with Gasteiger partial charge in [0.15, 0.2) is 11.2 Å². The first-order valence-corrected chi connectivity index (χ1v) is 21.1. The second-order valence-corrected chi connectivity index (χ2v) is 17.1. The Kier molecular flexibility index (Phi) is 11.9. The minimum atomic E-state index is -5.81. The molecular formula is C33H37N6O13P3. The molecule has 5 aromatic rings. The van der Waals surface area contributed by atoms with Gasteiger partial charge in [-0.1, -0.05) is 105 Å². The number of H-pyrrole nitrogens is 1. The van der Waals surface area contributed by atoms with E-state index in [4.69, 9.17) is 19.0 Å². The van der Waals surface area contributed by atoms with Crippen molar-refractivity contribution in [1.82, 2.24) is 24.4 Å². The summed E-state index contributed by atoms with van der Waals surface area (Å²) in [7, 11) is -17.0. The Balaban J connectivity index is 1.47. The van der Waals surface area contributed by atoms with Crippen LogP contribution in [0.1, 0.15) is 36.8 Å². The number of phosphoric acid groups is 3. The number of carbonyl (C=O) groups excluding carboxylic acids is 1. The van der Waals surface area contributed by atoms with Crippen molar-refractivity contribution in [2.45, 2.75) is 31.7 Å². The smallest absolute Gasteiger partial charge is 0.350 e. The fourth-order valence-corrected chi connectivity index (χ4v) is 9.41. The minimum absolute atomic E-state index is 0.0265. The van der Waals surface area contributed by atoms with Crippen LogP contribution in [0.25, 0.3) is 11.2 Å². The van der Waals surface area contributed by atoms with Gasteiger partial charge in [0.2, 0.25) is 11.9 Å². The number of nitrogens with one attached hydrogen (secondary N) is 2. The molecule has 2 aromatic heterocycles. The number of fused-ring (bicyclic) bond motifs is 1. The van der Waals surface area contributed by atoms with Crippen molar-refractivity contribution in [1.29, 1.82) is 0 Å². The topological polar surface area (TPSA) is 265 Å². The Morgan fingerprint density at radius 3 is 1.95 bits per heavy atom. The number of phosphoric ester groups is 1. The zero-order valence-corrected chi connectivity index (χ0v) is 31.9. The van der Waals surface area contributed by atoms with E-state index in [0.29, 0.717) is 0 Å². The molecule has 3 aromatic carbocycles. The largest absolute Gasteiger partial charge is 0.490 e. The number of carbonyl (C=O) groups is 1. The maximum atomic E-state index is 13.1. The SMILES string of the molecule is CC(C)C(=O)Nc1nc2c(ncn2C2CN(C(c3ccccc3)(c3ccccc3)c3ccccc3)CC(COP(=O)(O)OP(=O)(O)OP(=O)(O)O)O2)c(=O)[nH]1. The third-order valence-electron chi connectivity index (χ3n) is 8.55. The Labute approximate surface area is 313 Å². The van der Waals surface area contributed by atoms with Crippen LogP contribution < -0.4 is 10.9 Å². The lowest BCUT2D eigenvalue weighted by molar-refractivity contribution is -0.147. The molecule has 0 bridgehead atoms. The lowest BCUT2D eigenvalue weighted by Crippen LogP contribution is -2.57. The summed E-state index contributed by atoms with van der Waals surface area (Å²) in [6.45, 7) is 2.60. The molecule has 1 amide bonds. The van der Waals surface area contributed by atoms with E-state index in [0.717, 1.165) is 16.7 Å². The van der Waals surface area contributed by atoms with Gasteiger partial charge < -0.3 is 24.3 Å². The van der Waals surface area contributed by atoms with E-state index in [-0.39, 0.29) is 30.2 Å². The molecular weight excluding hydrogens is 781 g/mol. The summed E-state index contributed by atoms with van der Waals surface area (Å²) in [5, 5.41) is 2.58. The number of hydrogen-bond donors (Lipinski definition) is 6. The van der Waals surface area contributed by atoms with Gasteiger partial charge in [0.1, 0.15) is 6.23 Å². The number of anilines is 1. The quantitative estimate of drug-likeness (QED) is 0.0676. The predicted molar refractivity (Wildman–Crippen MR) is 196 cm³/mol. The van der Waals surface area contributed by atoms with Gasteiger partial charge in [-0.15, -0.1) is 0 Å². The number of ether oxygens (including phenoxy) is 1. The average Bonchev–Trinajstić information content (AvgIpc) is 3.56. The van der Waals surface area contributed by atoms with Crippen LogP contribution in [0.4, 0.5) is 5.95 Å². The molecule has 1 fully saturated rings. The van der Waals surface area contributed by atoms with E-state index in [9.17, 15) is 33.1 Å². The molecule has 1 aliphatic rings. The second-order valence-electron chi connectivity index (χ2n) is 12.7. The number of aromatic nitrogens is 4. The third-order valence-corrected chi connectivity index (χ3v) is 12.3. The Morgan fingerprint density at radius 1 is 0.891 bits per heavy atom. The van der Waals surface area contributed by atoms with Gasteiger partial charge in [-0.25, -0.2) is 18.7 Å². The molecule has 1 aliphatic heterocycles. The number of imidazole rings is 1. The lowest BCUT2D eigenvalue weighted by Gasteiger charge is -2.50. The Bertz CT molecular complexity index is 2240. The van der Waals surface area contributed by atoms with E-state index >= 15 is 0 Å². The first kappa shape index (κ1) is 40.5. The van der Waals surface area contributed by atoms with E-state index < -0.39 is 65.3 Å². The normalized spacial score (nSPS) is 19.2.